The maximum absolute atomic E-state index is 14.9. The number of hydrogen-bond acceptors (Lipinski definition) is 3. The third-order valence-electron chi connectivity index (χ3n) is 11.8. The number of nitriles is 3. The van der Waals surface area contributed by atoms with E-state index in [2.05, 4.69) is 27.9 Å². The monoisotopic (exact) mass is 843 g/mol. The molecule has 0 spiro atoms. The van der Waals surface area contributed by atoms with Crippen LogP contribution < -0.4 is 0 Å². The molecule has 0 saturated carbocycles. The molecule has 0 unspecified atom stereocenters. The molecule has 0 fully saturated rings. The average molecular weight is 844 g/mol. The first kappa shape index (κ1) is 39.7. The van der Waals surface area contributed by atoms with Crippen molar-refractivity contribution in [2.24, 2.45) is 0 Å². The molecule has 10 aromatic rings. The Bertz CT molecular complexity index is 3630. The van der Waals surface area contributed by atoms with Crippen LogP contribution in [0.3, 0.4) is 0 Å². The second-order valence-corrected chi connectivity index (χ2v) is 15.7. The van der Waals surface area contributed by atoms with E-state index >= 15 is 0 Å². The Morgan fingerprint density at radius 3 is 1.35 bits per heavy atom. The molecule has 0 amide bonds. The molecule has 65 heavy (non-hydrogen) atoms. The number of nitrogens with zero attached hydrogens (tertiary/aromatic N) is 7. The molecule has 0 radical (unpaired) electrons. The zero-order chi connectivity index (χ0) is 45.1. The summed E-state index contributed by atoms with van der Waals surface area (Å²) in [6, 6.07) is 51.0. The van der Waals surface area contributed by atoms with E-state index in [1.54, 1.807) is 49.4 Å². The summed E-state index contributed by atoms with van der Waals surface area (Å²) in [6.45, 7) is 17.0. The Hall–Kier alpha value is -9.40. The number of halogens is 3. The third-order valence-corrected chi connectivity index (χ3v) is 11.8. The van der Waals surface area contributed by atoms with Crippen LogP contribution in [0, 0.1) is 54.1 Å². The van der Waals surface area contributed by atoms with E-state index in [-0.39, 0.29) is 11.1 Å². The summed E-state index contributed by atoms with van der Waals surface area (Å²) in [5.41, 5.74) is 8.11. The number of hydrogen-bond donors (Lipinski definition) is 0. The largest absolute Gasteiger partial charge is 0.416 e. The van der Waals surface area contributed by atoms with E-state index in [1.165, 1.54) is 12.1 Å². The summed E-state index contributed by atoms with van der Waals surface area (Å²) in [4.78, 5) is 7.19. The first-order valence-electron chi connectivity index (χ1n) is 20.2. The van der Waals surface area contributed by atoms with Crippen LogP contribution in [-0.2, 0) is 6.18 Å². The van der Waals surface area contributed by atoms with Gasteiger partial charge in [-0.15, -0.1) is 0 Å². The van der Waals surface area contributed by atoms with Crippen molar-refractivity contribution in [3.05, 3.63) is 202 Å². The first-order chi connectivity index (χ1) is 31.5. The molecule has 2 aromatic heterocycles. The molecule has 2 heterocycles. The van der Waals surface area contributed by atoms with E-state index < -0.39 is 11.7 Å². The van der Waals surface area contributed by atoms with Crippen molar-refractivity contribution in [2.45, 2.75) is 13.1 Å². The number of fused-ring (bicyclic) bond motifs is 6. The Morgan fingerprint density at radius 1 is 0.462 bits per heavy atom. The van der Waals surface area contributed by atoms with Crippen LogP contribution in [0.2, 0.25) is 0 Å². The highest BCUT2D eigenvalue weighted by Gasteiger charge is 2.32. The van der Waals surface area contributed by atoms with Gasteiger partial charge in [0.15, 0.2) is 11.4 Å². The van der Waals surface area contributed by atoms with Crippen LogP contribution in [0.5, 0.6) is 0 Å². The lowest BCUT2D eigenvalue weighted by atomic mass is 9.94. The highest BCUT2D eigenvalue weighted by atomic mass is 19.4. The zero-order valence-electron chi connectivity index (χ0n) is 34.2. The molecule has 0 atom stereocenters. The fraction of sp³-hybridized carbons (Fsp3) is 0.0364. The van der Waals surface area contributed by atoms with E-state index in [0.717, 1.165) is 44.7 Å². The second-order valence-electron chi connectivity index (χ2n) is 15.7. The quantitative estimate of drug-likeness (QED) is 0.162. The van der Waals surface area contributed by atoms with Crippen molar-refractivity contribution in [2.75, 3.05) is 0 Å². The zero-order valence-corrected chi connectivity index (χ0v) is 34.2. The van der Waals surface area contributed by atoms with Gasteiger partial charge >= 0.3 is 6.18 Å². The highest BCUT2D eigenvalue weighted by Crippen LogP contribution is 2.45. The van der Waals surface area contributed by atoms with Gasteiger partial charge in [-0.2, -0.15) is 29.0 Å². The van der Waals surface area contributed by atoms with Gasteiger partial charge in [0, 0.05) is 38.2 Å². The van der Waals surface area contributed by atoms with Gasteiger partial charge in [0.05, 0.1) is 75.9 Å². The predicted molar refractivity (Wildman–Crippen MR) is 248 cm³/mol. The SMILES string of the molecule is [C-]#[N+]c1cc(C#N)cc(-c2ccc3c4ccccc4n(-c4cc(C#N)cc(-n5c6ccccc6c6ccc(-c7cc(C#N)cc([N+]#[C-])c7)cc65)c4-c4cc(C)cc(C(F)(F)F)c4)c3c2)c1. The summed E-state index contributed by atoms with van der Waals surface area (Å²) in [5, 5.41) is 33.9. The lowest BCUT2D eigenvalue weighted by Crippen LogP contribution is -2.08. The van der Waals surface area contributed by atoms with Gasteiger partial charge in [0.25, 0.3) is 0 Å². The first-order valence-corrected chi connectivity index (χ1v) is 20.2. The maximum Gasteiger partial charge on any atom is 0.416 e. The molecule has 10 heteroatoms. The third kappa shape index (κ3) is 6.66. The van der Waals surface area contributed by atoms with Gasteiger partial charge in [-0.05, 0) is 125 Å². The number of aromatic nitrogens is 2. The predicted octanol–water partition coefficient (Wildman–Crippen LogP) is 14.9. The van der Waals surface area contributed by atoms with Gasteiger partial charge in [-0.25, -0.2) is 9.69 Å². The standard InChI is InChI=1S/C55H28F3N7/c1-32-16-40(24-41(17-32)55(56,57)58)54-52(64-48-10-6-4-8-44(48)46-14-12-36(27-50(46)64)38-18-33(29-59)20-42(25-38)62-2)22-35(31-61)23-53(54)65-49-11-7-5-9-45(49)47-15-13-37(28-51(47)65)39-19-34(30-60)21-43(26-39)63-3/h4-28H,1H3. The minimum Gasteiger partial charge on any atom is -0.308 e. The van der Waals surface area contributed by atoms with Gasteiger partial charge in [0.2, 0.25) is 0 Å². The molecule has 0 N–H and O–H groups in total. The summed E-state index contributed by atoms with van der Waals surface area (Å²) in [6.07, 6.45) is -4.68. The van der Waals surface area contributed by atoms with Gasteiger partial charge in [0.1, 0.15) is 0 Å². The van der Waals surface area contributed by atoms with Crippen molar-refractivity contribution in [3.63, 3.8) is 0 Å². The Labute approximate surface area is 370 Å². The van der Waals surface area contributed by atoms with Gasteiger partial charge in [-0.3, -0.25) is 0 Å². The normalized spacial score (nSPS) is 11.3. The van der Waals surface area contributed by atoms with E-state index in [4.69, 9.17) is 13.1 Å². The van der Waals surface area contributed by atoms with Gasteiger partial charge < -0.3 is 9.13 Å². The minimum absolute atomic E-state index is 0.249. The Kier molecular flexibility index (Phi) is 9.29. The van der Waals surface area contributed by atoms with Crippen molar-refractivity contribution in [1.82, 2.24) is 9.13 Å². The molecular weight excluding hydrogens is 816 g/mol. The minimum atomic E-state index is -4.68. The summed E-state index contributed by atoms with van der Waals surface area (Å²) >= 11 is 0. The second kappa shape index (κ2) is 15.2. The van der Waals surface area contributed by atoms with Crippen molar-refractivity contribution in [3.8, 4) is 63.0 Å². The Balaban J connectivity index is 1.37. The molecule has 0 aliphatic heterocycles. The number of rotatable bonds is 5. The highest BCUT2D eigenvalue weighted by molar-refractivity contribution is 6.13. The Morgan fingerprint density at radius 2 is 0.908 bits per heavy atom. The van der Waals surface area contributed by atoms with E-state index in [1.807, 2.05) is 94.1 Å². The number of para-hydroxylation sites is 2. The molecule has 7 nitrogen and oxygen atoms in total. The lowest BCUT2D eigenvalue weighted by molar-refractivity contribution is -0.137. The molecular formula is C55H28F3N7. The maximum atomic E-state index is 14.9. The molecule has 304 valence electrons. The average Bonchev–Trinajstić information content (AvgIpc) is 3.84. The molecule has 0 bridgehead atoms. The van der Waals surface area contributed by atoms with Gasteiger partial charge in [-0.1, -0.05) is 66.7 Å². The smallest absolute Gasteiger partial charge is 0.308 e. The molecule has 0 aliphatic carbocycles. The number of aryl methyl sites for hydroxylation is 1. The van der Waals surface area contributed by atoms with Crippen LogP contribution in [0.4, 0.5) is 24.5 Å². The van der Waals surface area contributed by atoms with E-state index in [0.29, 0.717) is 78.3 Å². The summed E-state index contributed by atoms with van der Waals surface area (Å²) in [5.74, 6) is 0. The molecule has 8 aromatic carbocycles. The fourth-order valence-electron chi connectivity index (χ4n) is 9.05. The fourth-order valence-corrected chi connectivity index (χ4v) is 9.05. The molecule has 10 rings (SSSR count). The molecule has 0 saturated heterocycles. The van der Waals surface area contributed by atoms with Crippen LogP contribution >= 0.6 is 0 Å². The number of alkyl halides is 3. The molecule has 0 aliphatic rings. The van der Waals surface area contributed by atoms with Crippen LogP contribution in [0.1, 0.15) is 27.8 Å². The van der Waals surface area contributed by atoms with Crippen molar-refractivity contribution >= 4 is 55.0 Å². The lowest BCUT2D eigenvalue weighted by Gasteiger charge is -2.22. The topological polar surface area (TPSA) is 90.0 Å². The van der Waals surface area contributed by atoms with Crippen molar-refractivity contribution in [1.29, 1.82) is 15.8 Å². The summed E-state index contributed by atoms with van der Waals surface area (Å²) in [7, 11) is 0. The van der Waals surface area contributed by atoms with Crippen molar-refractivity contribution < 1.29 is 13.2 Å². The number of benzene rings is 8. The van der Waals surface area contributed by atoms with Crippen LogP contribution in [0.25, 0.3) is 98.1 Å². The van der Waals surface area contributed by atoms with Crippen LogP contribution in [-0.4, -0.2) is 9.13 Å². The van der Waals surface area contributed by atoms with E-state index in [9.17, 15) is 29.0 Å². The van der Waals surface area contributed by atoms with Crippen LogP contribution in [0.15, 0.2) is 152 Å². The summed E-state index contributed by atoms with van der Waals surface area (Å²) < 4.78 is 48.5.